The van der Waals surface area contributed by atoms with E-state index in [0.717, 1.165) is 6.42 Å². The van der Waals surface area contributed by atoms with Gasteiger partial charge in [-0.25, -0.2) is 4.98 Å². The first-order valence-electron chi connectivity index (χ1n) is 9.54. The lowest BCUT2D eigenvalue weighted by Gasteiger charge is -2.21. The molecule has 0 aromatic carbocycles. The zero-order valence-corrected chi connectivity index (χ0v) is 18.1. The van der Waals surface area contributed by atoms with Crippen molar-refractivity contribution in [3.63, 3.8) is 0 Å². The predicted molar refractivity (Wildman–Crippen MR) is 122 cm³/mol. The second kappa shape index (κ2) is 8.45. The highest BCUT2D eigenvalue weighted by atomic mass is 32.2. The van der Waals surface area contributed by atoms with Crippen LogP contribution in [0.2, 0.25) is 0 Å². The monoisotopic (exact) mass is 440 g/mol. The molecule has 4 heterocycles. The Morgan fingerprint density at radius 3 is 2.87 bits per heavy atom. The molecule has 1 N–H and O–H groups in total. The number of nitrogens with one attached hydrogen (secondary N) is 1. The van der Waals surface area contributed by atoms with Gasteiger partial charge in [-0.3, -0.25) is 18.9 Å². The summed E-state index contributed by atoms with van der Waals surface area (Å²) in [5.74, 6) is 0.907. The minimum atomic E-state index is -0.267. The van der Waals surface area contributed by atoms with Gasteiger partial charge in [-0.05, 0) is 43.7 Å². The van der Waals surface area contributed by atoms with Crippen LogP contribution >= 0.6 is 24.0 Å². The first-order chi connectivity index (χ1) is 14.5. The van der Waals surface area contributed by atoms with Gasteiger partial charge in [0.2, 0.25) is 0 Å². The molecule has 1 aliphatic rings. The molecule has 9 heteroatoms. The van der Waals surface area contributed by atoms with E-state index < -0.39 is 0 Å². The molecule has 4 rings (SSSR count). The summed E-state index contributed by atoms with van der Waals surface area (Å²) < 4.78 is 7.32. The molecular weight excluding hydrogens is 420 g/mol. The fourth-order valence-electron chi connectivity index (χ4n) is 3.13. The summed E-state index contributed by atoms with van der Waals surface area (Å²) in [7, 11) is 0. The first kappa shape index (κ1) is 20.4. The van der Waals surface area contributed by atoms with Gasteiger partial charge in [0, 0.05) is 12.2 Å². The summed E-state index contributed by atoms with van der Waals surface area (Å²) in [4.78, 5) is 32.8. The van der Waals surface area contributed by atoms with Crippen molar-refractivity contribution in [2.24, 2.45) is 0 Å². The van der Waals surface area contributed by atoms with Crippen molar-refractivity contribution >= 4 is 51.7 Å². The van der Waals surface area contributed by atoms with E-state index in [1.165, 1.54) is 16.2 Å². The summed E-state index contributed by atoms with van der Waals surface area (Å²) in [5, 5.41) is 3.16. The van der Waals surface area contributed by atoms with Gasteiger partial charge in [0.25, 0.3) is 11.5 Å². The predicted octanol–water partition coefficient (Wildman–Crippen LogP) is 3.90. The number of fused-ring (bicyclic) bond motifs is 1. The third kappa shape index (κ3) is 3.78. The van der Waals surface area contributed by atoms with E-state index in [1.807, 2.05) is 26.0 Å². The van der Waals surface area contributed by atoms with E-state index >= 15 is 0 Å². The summed E-state index contributed by atoms with van der Waals surface area (Å²) >= 11 is 6.61. The number of nitrogens with zero attached hydrogens (tertiary/aromatic N) is 3. The Morgan fingerprint density at radius 2 is 2.13 bits per heavy atom. The molecule has 0 saturated carbocycles. The molecule has 1 aliphatic heterocycles. The smallest absolute Gasteiger partial charge is 0.267 e. The van der Waals surface area contributed by atoms with Crippen molar-refractivity contribution in [3.8, 4) is 0 Å². The molecule has 0 unspecified atom stereocenters. The summed E-state index contributed by atoms with van der Waals surface area (Å²) in [6, 6.07) is 8.95. The molecule has 0 radical (unpaired) electrons. The van der Waals surface area contributed by atoms with Gasteiger partial charge in [0.05, 0.1) is 23.3 Å². The lowest BCUT2D eigenvalue weighted by Crippen LogP contribution is -2.36. The van der Waals surface area contributed by atoms with Gasteiger partial charge in [-0.1, -0.05) is 37.0 Å². The van der Waals surface area contributed by atoms with Gasteiger partial charge in [0.15, 0.2) is 0 Å². The zero-order chi connectivity index (χ0) is 21.3. The molecule has 154 valence electrons. The Balaban J connectivity index is 1.78. The van der Waals surface area contributed by atoms with Crippen molar-refractivity contribution in [2.45, 2.75) is 32.9 Å². The van der Waals surface area contributed by atoms with E-state index in [-0.39, 0.29) is 17.5 Å². The highest BCUT2D eigenvalue weighted by Crippen LogP contribution is 2.34. The van der Waals surface area contributed by atoms with Crippen molar-refractivity contribution in [3.05, 3.63) is 69.4 Å². The van der Waals surface area contributed by atoms with Gasteiger partial charge in [-0.15, -0.1) is 0 Å². The molecule has 0 aliphatic carbocycles. The molecule has 1 fully saturated rings. The van der Waals surface area contributed by atoms with E-state index in [0.29, 0.717) is 38.6 Å². The number of hydrogen-bond acceptors (Lipinski definition) is 7. The van der Waals surface area contributed by atoms with Crippen molar-refractivity contribution < 1.29 is 9.21 Å². The van der Waals surface area contributed by atoms with Crippen molar-refractivity contribution in [1.29, 1.82) is 0 Å². The highest BCUT2D eigenvalue weighted by molar-refractivity contribution is 8.26. The van der Waals surface area contributed by atoms with E-state index in [9.17, 15) is 9.59 Å². The topological polar surface area (TPSA) is 79.8 Å². The highest BCUT2D eigenvalue weighted by Gasteiger charge is 2.35. The SMILES string of the molecule is CC[C@@H](C)N1C(=O)/C(=C/c2c(NCc3ccco3)nc3ccccn3c2=O)SC1=S. The van der Waals surface area contributed by atoms with Crippen LogP contribution in [0.25, 0.3) is 11.7 Å². The number of thioether (sulfide) groups is 1. The summed E-state index contributed by atoms with van der Waals surface area (Å²) in [6.07, 6.45) is 5.61. The third-order valence-corrected chi connectivity index (χ3v) is 6.24. The average Bonchev–Trinajstić information content (AvgIpc) is 3.36. The van der Waals surface area contributed by atoms with E-state index in [2.05, 4.69) is 10.3 Å². The maximum Gasteiger partial charge on any atom is 0.267 e. The lowest BCUT2D eigenvalue weighted by molar-refractivity contribution is -0.123. The number of anilines is 1. The van der Waals surface area contributed by atoms with Gasteiger partial charge in [-0.2, -0.15) is 0 Å². The minimum absolute atomic E-state index is 0.00391. The maximum atomic E-state index is 13.2. The van der Waals surface area contributed by atoms with E-state index in [1.54, 1.807) is 41.6 Å². The molecule has 0 bridgehead atoms. The Morgan fingerprint density at radius 1 is 1.30 bits per heavy atom. The van der Waals surface area contributed by atoms with Gasteiger partial charge < -0.3 is 9.73 Å². The standard InChI is InChI=1S/C21H20N4O3S2/c1-3-13(2)25-20(27)16(30-21(25)29)11-15-18(22-12-14-7-6-10-28-14)23-17-8-4-5-9-24(17)19(15)26/h4-11,13,22H,3,12H2,1-2H3/b16-11-/t13-/m1/s1. The minimum Gasteiger partial charge on any atom is -0.467 e. The Labute approximate surface area is 182 Å². The van der Waals surface area contributed by atoms with Crippen LogP contribution in [0.15, 0.2) is 56.9 Å². The fraction of sp³-hybridized carbons (Fsp3) is 0.238. The van der Waals surface area contributed by atoms with Crippen LogP contribution < -0.4 is 10.9 Å². The number of furan rings is 1. The average molecular weight is 441 g/mol. The number of rotatable bonds is 6. The quantitative estimate of drug-likeness (QED) is 0.460. The van der Waals surface area contributed by atoms with Crippen LogP contribution in [-0.4, -0.2) is 30.6 Å². The van der Waals surface area contributed by atoms with Crippen LogP contribution in [0.4, 0.5) is 5.82 Å². The summed E-state index contributed by atoms with van der Waals surface area (Å²) in [6.45, 7) is 4.32. The molecule has 3 aromatic rings. The Hall–Kier alpha value is -2.91. The molecule has 1 amide bonds. The lowest BCUT2D eigenvalue weighted by atomic mass is 10.2. The number of amides is 1. The molecule has 0 spiro atoms. The second-order valence-corrected chi connectivity index (χ2v) is 8.53. The molecule has 3 aromatic heterocycles. The normalized spacial score (nSPS) is 16.6. The summed E-state index contributed by atoms with van der Waals surface area (Å²) in [5.41, 5.74) is 0.542. The van der Waals surface area contributed by atoms with Crippen LogP contribution in [-0.2, 0) is 11.3 Å². The van der Waals surface area contributed by atoms with Gasteiger partial charge in [0.1, 0.15) is 21.5 Å². The second-order valence-electron chi connectivity index (χ2n) is 6.85. The van der Waals surface area contributed by atoms with Crippen molar-refractivity contribution in [2.75, 3.05) is 5.32 Å². The number of thiocarbonyl (C=S) groups is 1. The molecule has 1 saturated heterocycles. The van der Waals surface area contributed by atoms with Crippen molar-refractivity contribution in [1.82, 2.24) is 14.3 Å². The fourth-order valence-corrected chi connectivity index (χ4v) is 4.57. The zero-order valence-electron chi connectivity index (χ0n) is 16.5. The van der Waals surface area contributed by atoms with Crippen LogP contribution in [0.3, 0.4) is 0 Å². The maximum absolute atomic E-state index is 13.2. The van der Waals surface area contributed by atoms with Gasteiger partial charge >= 0.3 is 0 Å². The molecule has 7 nitrogen and oxygen atoms in total. The van der Waals surface area contributed by atoms with Crippen LogP contribution in [0.1, 0.15) is 31.6 Å². The number of carbonyl (C=O) groups excluding carboxylic acids is 1. The number of hydrogen-bond donors (Lipinski definition) is 1. The Bertz CT molecular complexity index is 1200. The Kier molecular flexibility index (Phi) is 5.74. The number of pyridine rings is 1. The van der Waals surface area contributed by atoms with E-state index in [4.69, 9.17) is 16.6 Å². The third-order valence-electron chi connectivity index (χ3n) is 4.91. The number of aromatic nitrogens is 2. The largest absolute Gasteiger partial charge is 0.467 e. The molecule has 30 heavy (non-hydrogen) atoms. The van der Waals surface area contributed by atoms with Crippen LogP contribution in [0.5, 0.6) is 0 Å². The molecule has 1 atom stereocenters. The first-order valence-corrected chi connectivity index (χ1v) is 10.8. The number of carbonyl (C=O) groups is 1. The van der Waals surface area contributed by atoms with Crippen LogP contribution in [0, 0.1) is 0 Å². The molecular formula is C21H20N4O3S2.